The van der Waals surface area contributed by atoms with Crippen LogP contribution < -0.4 is 0 Å². The van der Waals surface area contributed by atoms with Gasteiger partial charge in [-0.2, -0.15) is 5.21 Å². The average Bonchev–Trinajstić information content (AvgIpc) is 3.43. The van der Waals surface area contributed by atoms with Gasteiger partial charge in [0.25, 0.3) is 0 Å². The predicted octanol–water partition coefficient (Wildman–Crippen LogP) is 4.19. The molecule has 2 aromatic heterocycles. The van der Waals surface area contributed by atoms with E-state index < -0.39 is 11.2 Å². The lowest BCUT2D eigenvalue weighted by atomic mass is 9.94. The standard InChI is InChI=1S/C26H32N6O2/c1-6-9-21-27-22(25(2,3)33)23(26(4,5)34)32(21)16-17-12-14-18(15-13-17)19-10-7-8-11-20(19)24-28-30-31-29-24/h7-8,10-15,33-34H,6,9,16H2,1-5H3,(H,28,29,30,31). The van der Waals surface area contributed by atoms with Gasteiger partial charge in [0.15, 0.2) is 0 Å². The number of aliphatic hydroxyl groups is 2. The van der Waals surface area contributed by atoms with E-state index in [1.807, 2.05) is 24.3 Å². The second kappa shape index (κ2) is 9.12. The van der Waals surface area contributed by atoms with Crippen LogP contribution in [0.5, 0.6) is 0 Å². The van der Waals surface area contributed by atoms with Crippen molar-refractivity contribution in [2.45, 2.75) is 65.2 Å². The van der Waals surface area contributed by atoms with Gasteiger partial charge in [0.1, 0.15) is 17.0 Å². The third kappa shape index (κ3) is 4.78. The maximum absolute atomic E-state index is 11.0. The highest BCUT2D eigenvalue weighted by Gasteiger charge is 2.35. The van der Waals surface area contributed by atoms with Crippen molar-refractivity contribution in [2.24, 2.45) is 0 Å². The van der Waals surface area contributed by atoms with Crippen LogP contribution >= 0.6 is 0 Å². The summed E-state index contributed by atoms with van der Waals surface area (Å²) in [6.07, 6.45) is 1.68. The summed E-state index contributed by atoms with van der Waals surface area (Å²) in [6, 6.07) is 16.3. The molecule has 0 aliphatic rings. The van der Waals surface area contributed by atoms with Gasteiger partial charge in [-0.1, -0.05) is 55.5 Å². The SMILES string of the molecule is CCCc1nc(C(C)(C)O)c(C(C)(C)O)n1Cc1ccc(-c2ccccc2-c2nn[nH]n2)cc1. The third-order valence-electron chi connectivity index (χ3n) is 5.80. The number of H-pyrrole nitrogens is 1. The van der Waals surface area contributed by atoms with Gasteiger partial charge >= 0.3 is 0 Å². The second-order valence-electron chi connectivity index (χ2n) is 9.66. The van der Waals surface area contributed by atoms with E-state index in [2.05, 4.69) is 56.4 Å². The first-order chi connectivity index (χ1) is 16.1. The monoisotopic (exact) mass is 460 g/mol. The highest BCUT2D eigenvalue weighted by atomic mass is 16.3. The number of aromatic amines is 1. The first-order valence-corrected chi connectivity index (χ1v) is 11.6. The van der Waals surface area contributed by atoms with Crippen LogP contribution in [-0.2, 0) is 24.2 Å². The summed E-state index contributed by atoms with van der Waals surface area (Å²) >= 11 is 0. The average molecular weight is 461 g/mol. The van der Waals surface area contributed by atoms with E-state index in [1.165, 1.54) is 0 Å². The van der Waals surface area contributed by atoms with Crippen molar-refractivity contribution in [3.05, 3.63) is 71.3 Å². The van der Waals surface area contributed by atoms with Crippen LogP contribution in [0.2, 0.25) is 0 Å². The summed E-state index contributed by atoms with van der Waals surface area (Å²) in [4.78, 5) is 4.77. The minimum atomic E-state index is -1.16. The van der Waals surface area contributed by atoms with Crippen molar-refractivity contribution in [3.8, 4) is 22.5 Å². The third-order valence-corrected chi connectivity index (χ3v) is 5.80. The molecule has 0 fully saturated rings. The van der Waals surface area contributed by atoms with Gasteiger partial charge < -0.3 is 14.8 Å². The van der Waals surface area contributed by atoms with Crippen molar-refractivity contribution < 1.29 is 10.2 Å². The predicted molar refractivity (Wildman–Crippen MR) is 131 cm³/mol. The Hall–Kier alpha value is -3.36. The normalized spacial score (nSPS) is 12.3. The first-order valence-electron chi connectivity index (χ1n) is 11.6. The molecule has 0 spiro atoms. The lowest BCUT2D eigenvalue weighted by Gasteiger charge is -2.26. The summed E-state index contributed by atoms with van der Waals surface area (Å²) < 4.78 is 2.05. The zero-order valence-corrected chi connectivity index (χ0v) is 20.4. The lowest BCUT2D eigenvalue weighted by molar-refractivity contribution is 0.0447. The van der Waals surface area contributed by atoms with E-state index >= 15 is 0 Å². The molecule has 178 valence electrons. The van der Waals surface area contributed by atoms with Gasteiger partial charge in [-0.3, -0.25) is 0 Å². The van der Waals surface area contributed by atoms with Crippen LogP contribution in [0, 0.1) is 0 Å². The summed E-state index contributed by atoms with van der Waals surface area (Å²) in [6.45, 7) is 9.54. The van der Waals surface area contributed by atoms with Crippen molar-refractivity contribution in [3.63, 3.8) is 0 Å². The Labute approximate surface area is 199 Å². The second-order valence-corrected chi connectivity index (χ2v) is 9.66. The van der Waals surface area contributed by atoms with Crippen molar-refractivity contribution in [1.82, 2.24) is 30.2 Å². The lowest BCUT2D eigenvalue weighted by Crippen LogP contribution is -2.28. The topological polar surface area (TPSA) is 113 Å². The molecule has 34 heavy (non-hydrogen) atoms. The van der Waals surface area contributed by atoms with Gasteiger partial charge in [0, 0.05) is 18.5 Å². The molecule has 0 saturated carbocycles. The largest absolute Gasteiger partial charge is 0.384 e. The summed E-state index contributed by atoms with van der Waals surface area (Å²) in [5.41, 5.74) is 2.90. The molecule has 0 atom stereocenters. The molecule has 8 heteroatoms. The van der Waals surface area contributed by atoms with E-state index in [4.69, 9.17) is 4.98 Å². The Morgan fingerprint density at radius 3 is 2.15 bits per heavy atom. The Bertz CT molecular complexity index is 1250. The maximum Gasteiger partial charge on any atom is 0.205 e. The number of tetrazole rings is 1. The molecule has 0 saturated heterocycles. The number of nitrogens with one attached hydrogen (secondary N) is 1. The molecule has 0 aliphatic carbocycles. The number of aryl methyl sites for hydroxylation is 1. The van der Waals surface area contributed by atoms with Crippen LogP contribution in [0.4, 0.5) is 0 Å². The molecule has 4 aromatic rings. The van der Waals surface area contributed by atoms with Gasteiger partial charge in [0.2, 0.25) is 5.82 Å². The zero-order valence-electron chi connectivity index (χ0n) is 20.4. The van der Waals surface area contributed by atoms with Gasteiger partial charge in [-0.05, 0) is 56.0 Å². The fourth-order valence-electron chi connectivity index (χ4n) is 4.31. The highest BCUT2D eigenvalue weighted by Crippen LogP contribution is 2.34. The smallest absolute Gasteiger partial charge is 0.205 e. The van der Waals surface area contributed by atoms with E-state index in [0.717, 1.165) is 40.9 Å². The molecular weight excluding hydrogens is 428 g/mol. The Balaban J connectivity index is 1.72. The Morgan fingerprint density at radius 2 is 1.59 bits per heavy atom. The molecule has 2 heterocycles. The van der Waals surface area contributed by atoms with E-state index in [1.54, 1.807) is 27.7 Å². The summed E-state index contributed by atoms with van der Waals surface area (Å²) in [5.74, 6) is 1.42. The number of nitrogens with zero attached hydrogens (tertiary/aromatic N) is 5. The van der Waals surface area contributed by atoms with E-state index in [-0.39, 0.29) is 0 Å². The number of rotatable bonds is 8. The number of benzene rings is 2. The van der Waals surface area contributed by atoms with Crippen molar-refractivity contribution in [1.29, 1.82) is 0 Å². The van der Waals surface area contributed by atoms with E-state index in [0.29, 0.717) is 23.8 Å². The number of hydrogen-bond acceptors (Lipinski definition) is 6. The summed E-state index contributed by atoms with van der Waals surface area (Å²) in [7, 11) is 0. The molecule has 0 amide bonds. The van der Waals surface area contributed by atoms with Crippen molar-refractivity contribution >= 4 is 0 Å². The zero-order chi connectivity index (χ0) is 24.5. The molecule has 4 rings (SSSR count). The van der Waals surface area contributed by atoms with Gasteiger partial charge in [-0.15, -0.1) is 10.2 Å². The minimum Gasteiger partial charge on any atom is -0.384 e. The maximum atomic E-state index is 11.0. The molecule has 0 radical (unpaired) electrons. The number of imidazole rings is 1. The molecular formula is C26H32N6O2. The Kier molecular flexibility index (Phi) is 6.38. The van der Waals surface area contributed by atoms with Crippen LogP contribution in [-0.4, -0.2) is 40.4 Å². The quantitative estimate of drug-likeness (QED) is 0.363. The highest BCUT2D eigenvalue weighted by molar-refractivity contribution is 5.80. The van der Waals surface area contributed by atoms with Crippen LogP contribution in [0.3, 0.4) is 0 Å². The molecule has 8 nitrogen and oxygen atoms in total. The van der Waals surface area contributed by atoms with Crippen LogP contribution in [0.1, 0.15) is 63.8 Å². The minimum absolute atomic E-state index is 0.522. The molecule has 2 aromatic carbocycles. The Morgan fingerprint density at radius 1 is 0.912 bits per heavy atom. The molecule has 3 N–H and O–H groups in total. The van der Waals surface area contributed by atoms with Crippen molar-refractivity contribution in [2.75, 3.05) is 0 Å². The summed E-state index contributed by atoms with van der Waals surface area (Å²) in [5, 5.41) is 36.2. The number of aromatic nitrogens is 6. The molecule has 0 bridgehead atoms. The fraction of sp³-hybridized carbons (Fsp3) is 0.385. The number of hydrogen-bond donors (Lipinski definition) is 3. The van der Waals surface area contributed by atoms with E-state index in [9.17, 15) is 10.2 Å². The fourth-order valence-corrected chi connectivity index (χ4v) is 4.31. The molecule has 0 unspecified atom stereocenters. The first kappa shape index (κ1) is 23.8. The van der Waals surface area contributed by atoms with Gasteiger partial charge in [0.05, 0.1) is 11.4 Å². The van der Waals surface area contributed by atoms with Crippen LogP contribution in [0.25, 0.3) is 22.5 Å². The molecule has 0 aliphatic heterocycles. The van der Waals surface area contributed by atoms with Crippen LogP contribution in [0.15, 0.2) is 48.5 Å². The van der Waals surface area contributed by atoms with Gasteiger partial charge in [-0.25, -0.2) is 4.98 Å².